The number of ether oxygens (including phenoxy) is 1. The Kier molecular flexibility index (Phi) is 6.19. The van der Waals surface area contributed by atoms with Crippen LogP contribution in [0, 0.1) is 0 Å². The first-order valence-electron chi connectivity index (χ1n) is 7.55. The molecule has 1 N–H and O–H groups in total. The van der Waals surface area contributed by atoms with Crippen molar-refractivity contribution in [3.8, 4) is 5.75 Å². The molecule has 0 spiro atoms. The van der Waals surface area contributed by atoms with Gasteiger partial charge in [0.1, 0.15) is 5.75 Å². The van der Waals surface area contributed by atoms with Gasteiger partial charge in [0.15, 0.2) is 0 Å². The standard InChI is InChI=1S/C19H19ClN2O3/c1-22(2)19(24)14-7-10-17(25-3)16(12-14)21-18(23)11-6-13-4-8-15(20)9-5-13/h4-12H,1-3H3,(H,21,23). The Hall–Kier alpha value is -2.79. The number of halogens is 1. The van der Waals surface area contributed by atoms with Crippen molar-refractivity contribution in [3.05, 3.63) is 64.7 Å². The Bertz CT molecular complexity index is 799. The van der Waals surface area contributed by atoms with Gasteiger partial charge in [-0.3, -0.25) is 9.59 Å². The molecule has 0 saturated heterocycles. The summed E-state index contributed by atoms with van der Waals surface area (Å²) >= 11 is 5.83. The number of hydrogen-bond donors (Lipinski definition) is 1. The van der Waals surface area contributed by atoms with Crippen LogP contribution in [0.4, 0.5) is 5.69 Å². The lowest BCUT2D eigenvalue weighted by Gasteiger charge is -2.14. The van der Waals surface area contributed by atoms with Gasteiger partial charge < -0.3 is 15.0 Å². The van der Waals surface area contributed by atoms with Crippen molar-refractivity contribution in [1.82, 2.24) is 4.90 Å². The lowest BCUT2D eigenvalue weighted by Crippen LogP contribution is -2.22. The second-order valence-corrected chi connectivity index (χ2v) is 5.93. The predicted molar refractivity (Wildman–Crippen MR) is 100 cm³/mol. The number of amides is 2. The molecular formula is C19H19ClN2O3. The van der Waals surface area contributed by atoms with Gasteiger partial charge in [0.05, 0.1) is 12.8 Å². The summed E-state index contributed by atoms with van der Waals surface area (Å²) in [7, 11) is 4.83. The Labute approximate surface area is 151 Å². The van der Waals surface area contributed by atoms with Gasteiger partial charge in [0.2, 0.25) is 5.91 Å². The van der Waals surface area contributed by atoms with Gasteiger partial charge in [-0.05, 0) is 42.0 Å². The summed E-state index contributed by atoms with van der Waals surface area (Å²) in [5, 5.41) is 3.36. The van der Waals surface area contributed by atoms with Gasteiger partial charge in [-0.15, -0.1) is 0 Å². The highest BCUT2D eigenvalue weighted by molar-refractivity contribution is 6.30. The molecule has 0 aromatic heterocycles. The van der Waals surface area contributed by atoms with E-state index in [1.165, 1.54) is 18.1 Å². The highest BCUT2D eigenvalue weighted by atomic mass is 35.5. The number of carbonyl (C=O) groups is 2. The molecule has 5 nitrogen and oxygen atoms in total. The second kappa shape index (κ2) is 8.35. The topological polar surface area (TPSA) is 58.6 Å². The molecule has 0 aliphatic carbocycles. The highest BCUT2D eigenvalue weighted by Gasteiger charge is 2.12. The van der Waals surface area contributed by atoms with Crippen LogP contribution >= 0.6 is 11.6 Å². The molecule has 0 heterocycles. The molecule has 0 saturated carbocycles. The minimum Gasteiger partial charge on any atom is -0.495 e. The maximum Gasteiger partial charge on any atom is 0.253 e. The summed E-state index contributed by atoms with van der Waals surface area (Å²) in [5.41, 5.74) is 1.74. The van der Waals surface area contributed by atoms with Crippen LogP contribution in [0.5, 0.6) is 5.75 Å². The Morgan fingerprint density at radius 1 is 1.12 bits per heavy atom. The normalized spacial score (nSPS) is 10.6. The lowest BCUT2D eigenvalue weighted by molar-refractivity contribution is -0.111. The van der Waals surface area contributed by atoms with Crippen molar-refractivity contribution in [3.63, 3.8) is 0 Å². The minimum absolute atomic E-state index is 0.158. The van der Waals surface area contributed by atoms with E-state index in [1.807, 2.05) is 12.1 Å². The summed E-state index contributed by atoms with van der Waals surface area (Å²) < 4.78 is 5.24. The van der Waals surface area contributed by atoms with Gasteiger partial charge in [0, 0.05) is 30.8 Å². The fourth-order valence-corrected chi connectivity index (χ4v) is 2.24. The number of hydrogen-bond acceptors (Lipinski definition) is 3. The van der Waals surface area contributed by atoms with E-state index in [0.29, 0.717) is 22.0 Å². The molecule has 2 aromatic carbocycles. The zero-order valence-corrected chi connectivity index (χ0v) is 15.0. The highest BCUT2D eigenvalue weighted by Crippen LogP contribution is 2.26. The van der Waals surface area contributed by atoms with E-state index in [4.69, 9.17) is 16.3 Å². The fraction of sp³-hybridized carbons (Fsp3) is 0.158. The van der Waals surface area contributed by atoms with E-state index < -0.39 is 0 Å². The number of benzene rings is 2. The van der Waals surface area contributed by atoms with Crippen molar-refractivity contribution in [2.24, 2.45) is 0 Å². The van der Waals surface area contributed by atoms with Gasteiger partial charge >= 0.3 is 0 Å². The van der Waals surface area contributed by atoms with Crippen LogP contribution in [0.2, 0.25) is 5.02 Å². The summed E-state index contributed by atoms with van der Waals surface area (Å²) in [6.07, 6.45) is 3.08. The Morgan fingerprint density at radius 2 is 1.80 bits per heavy atom. The monoisotopic (exact) mass is 358 g/mol. The average molecular weight is 359 g/mol. The summed E-state index contributed by atoms with van der Waals surface area (Å²) in [4.78, 5) is 25.7. The molecule has 0 atom stereocenters. The quantitative estimate of drug-likeness (QED) is 0.829. The van der Waals surface area contributed by atoms with Gasteiger partial charge in [0.25, 0.3) is 5.91 Å². The minimum atomic E-state index is -0.331. The third-order valence-electron chi connectivity index (χ3n) is 3.41. The van der Waals surface area contributed by atoms with Crippen molar-refractivity contribution in [1.29, 1.82) is 0 Å². The van der Waals surface area contributed by atoms with E-state index in [0.717, 1.165) is 5.56 Å². The van der Waals surface area contributed by atoms with E-state index in [2.05, 4.69) is 5.32 Å². The number of nitrogens with one attached hydrogen (secondary N) is 1. The maximum atomic E-state index is 12.2. The molecule has 25 heavy (non-hydrogen) atoms. The molecule has 0 aliphatic heterocycles. The second-order valence-electron chi connectivity index (χ2n) is 5.49. The number of nitrogens with zero attached hydrogens (tertiary/aromatic N) is 1. The van der Waals surface area contributed by atoms with E-state index in [1.54, 1.807) is 50.5 Å². The predicted octanol–water partition coefficient (Wildman–Crippen LogP) is 3.70. The zero-order valence-electron chi connectivity index (χ0n) is 14.2. The van der Waals surface area contributed by atoms with E-state index in [-0.39, 0.29) is 11.8 Å². The molecule has 2 aromatic rings. The summed E-state index contributed by atoms with van der Waals surface area (Å²) in [6.45, 7) is 0. The first-order valence-corrected chi connectivity index (χ1v) is 7.93. The molecule has 130 valence electrons. The van der Waals surface area contributed by atoms with Crippen LogP contribution in [-0.4, -0.2) is 37.9 Å². The van der Waals surface area contributed by atoms with Crippen molar-refractivity contribution >= 4 is 35.2 Å². The van der Waals surface area contributed by atoms with Crippen molar-refractivity contribution < 1.29 is 14.3 Å². The fourth-order valence-electron chi connectivity index (χ4n) is 2.12. The summed E-state index contributed by atoms with van der Waals surface area (Å²) in [6, 6.07) is 12.0. The van der Waals surface area contributed by atoms with Crippen LogP contribution < -0.4 is 10.1 Å². The number of methoxy groups -OCH3 is 1. The number of anilines is 1. The number of rotatable bonds is 5. The van der Waals surface area contributed by atoms with Crippen LogP contribution in [0.15, 0.2) is 48.5 Å². The SMILES string of the molecule is COc1ccc(C(=O)N(C)C)cc1NC(=O)C=Cc1ccc(Cl)cc1. The lowest BCUT2D eigenvalue weighted by atomic mass is 10.1. The van der Waals surface area contributed by atoms with Crippen LogP contribution in [0.1, 0.15) is 15.9 Å². The third-order valence-corrected chi connectivity index (χ3v) is 3.66. The van der Waals surface area contributed by atoms with E-state index >= 15 is 0 Å². The van der Waals surface area contributed by atoms with Gasteiger partial charge in [-0.2, -0.15) is 0 Å². The number of carbonyl (C=O) groups excluding carboxylic acids is 2. The molecule has 0 aliphatic rings. The van der Waals surface area contributed by atoms with Crippen LogP contribution in [-0.2, 0) is 4.79 Å². The van der Waals surface area contributed by atoms with Crippen molar-refractivity contribution in [2.75, 3.05) is 26.5 Å². The Morgan fingerprint density at radius 3 is 2.40 bits per heavy atom. The van der Waals surface area contributed by atoms with Crippen LogP contribution in [0.25, 0.3) is 6.08 Å². The Balaban J connectivity index is 2.17. The van der Waals surface area contributed by atoms with Gasteiger partial charge in [-0.25, -0.2) is 0 Å². The van der Waals surface area contributed by atoms with Crippen molar-refractivity contribution in [2.45, 2.75) is 0 Å². The zero-order chi connectivity index (χ0) is 18.4. The summed E-state index contributed by atoms with van der Waals surface area (Å²) in [5.74, 6) is -0.0129. The molecule has 2 rings (SSSR count). The molecule has 0 bridgehead atoms. The van der Waals surface area contributed by atoms with Gasteiger partial charge in [-0.1, -0.05) is 23.7 Å². The smallest absolute Gasteiger partial charge is 0.253 e. The van der Waals surface area contributed by atoms with Crippen LogP contribution in [0.3, 0.4) is 0 Å². The molecule has 2 amide bonds. The third kappa shape index (κ3) is 5.09. The molecule has 0 unspecified atom stereocenters. The first-order chi connectivity index (χ1) is 11.9. The first kappa shape index (κ1) is 18.5. The molecule has 0 radical (unpaired) electrons. The average Bonchev–Trinajstić information content (AvgIpc) is 2.60. The maximum absolute atomic E-state index is 12.2. The molecule has 6 heteroatoms. The molecular weight excluding hydrogens is 340 g/mol. The largest absolute Gasteiger partial charge is 0.495 e. The molecule has 0 fully saturated rings. The van der Waals surface area contributed by atoms with E-state index in [9.17, 15) is 9.59 Å².